The van der Waals surface area contributed by atoms with E-state index in [0.29, 0.717) is 18.4 Å². The average molecular weight is 566 g/mol. The van der Waals surface area contributed by atoms with Gasteiger partial charge in [-0.2, -0.15) is 0 Å². The van der Waals surface area contributed by atoms with Gasteiger partial charge in [0.15, 0.2) is 11.5 Å². The van der Waals surface area contributed by atoms with Gasteiger partial charge in [0, 0.05) is 12.8 Å². The molecule has 40 heavy (non-hydrogen) atoms. The first-order valence-corrected chi connectivity index (χ1v) is 14.2. The summed E-state index contributed by atoms with van der Waals surface area (Å²) < 4.78 is 26.7. The number of nitrogens with two attached hydrogens (primary N) is 1. The number of hydrogen-bond acceptors (Lipinski definition) is 10. The van der Waals surface area contributed by atoms with E-state index in [1.807, 2.05) is 13.8 Å². The molecule has 0 amide bonds. The van der Waals surface area contributed by atoms with E-state index in [1.54, 1.807) is 40.7 Å². The number of rotatable bonds is 16. The van der Waals surface area contributed by atoms with Crippen molar-refractivity contribution in [2.24, 2.45) is 5.73 Å². The highest BCUT2D eigenvalue weighted by Gasteiger charge is 2.27. The lowest BCUT2D eigenvalue weighted by Gasteiger charge is -2.24. The molecule has 0 saturated heterocycles. The highest BCUT2D eigenvalue weighted by Crippen LogP contribution is 2.30. The standard InChI is InChI=1S/C30H47NO9/c1-8-10-12-14-26(32)38-24-17-16-22(19-25(24)39-27(33)15-13-11-9-2)18-23(31)28(34)36-20(3)21(4)37-29(35)40-30(5,6)7/h16-17,19-21,23H,8-15,18,31H2,1-7H3/t20-,21-,23-/m0/s1. The number of hydrogen-bond donors (Lipinski definition) is 1. The van der Waals surface area contributed by atoms with Crippen molar-refractivity contribution in [2.75, 3.05) is 0 Å². The second kappa shape index (κ2) is 17.5. The molecule has 0 aliphatic rings. The molecule has 0 bridgehead atoms. The van der Waals surface area contributed by atoms with Gasteiger partial charge in [-0.3, -0.25) is 14.4 Å². The summed E-state index contributed by atoms with van der Waals surface area (Å²) in [5, 5.41) is 0. The maximum absolute atomic E-state index is 12.7. The molecule has 1 aromatic carbocycles. The molecular formula is C30H47NO9. The van der Waals surface area contributed by atoms with Gasteiger partial charge in [0.2, 0.25) is 0 Å². The summed E-state index contributed by atoms with van der Waals surface area (Å²) in [6.45, 7) is 12.4. The van der Waals surface area contributed by atoms with Crippen molar-refractivity contribution >= 4 is 24.1 Å². The first-order chi connectivity index (χ1) is 18.7. The summed E-state index contributed by atoms with van der Waals surface area (Å²) in [4.78, 5) is 49.3. The third kappa shape index (κ3) is 14.3. The van der Waals surface area contributed by atoms with Gasteiger partial charge in [-0.15, -0.1) is 0 Å². The summed E-state index contributed by atoms with van der Waals surface area (Å²) in [6, 6.07) is 3.66. The molecule has 0 saturated carbocycles. The van der Waals surface area contributed by atoms with E-state index >= 15 is 0 Å². The normalized spacial score (nSPS) is 13.5. The Labute approximate surface area is 238 Å². The Balaban J connectivity index is 2.88. The van der Waals surface area contributed by atoms with Crippen LogP contribution >= 0.6 is 0 Å². The van der Waals surface area contributed by atoms with Gasteiger partial charge >= 0.3 is 24.1 Å². The number of unbranched alkanes of at least 4 members (excludes halogenated alkanes) is 4. The third-order valence-electron chi connectivity index (χ3n) is 5.82. The Hall–Kier alpha value is -3.14. The van der Waals surface area contributed by atoms with Crippen LogP contribution in [-0.2, 0) is 35.0 Å². The summed E-state index contributed by atoms with van der Waals surface area (Å²) in [7, 11) is 0. The first kappa shape index (κ1) is 34.9. The van der Waals surface area contributed by atoms with Crippen molar-refractivity contribution in [3.05, 3.63) is 23.8 Å². The lowest BCUT2D eigenvalue weighted by atomic mass is 10.1. The molecule has 0 aliphatic carbocycles. The minimum absolute atomic E-state index is 0.0674. The maximum atomic E-state index is 12.7. The molecule has 1 aromatic rings. The van der Waals surface area contributed by atoms with Crippen LogP contribution in [0.15, 0.2) is 18.2 Å². The maximum Gasteiger partial charge on any atom is 0.509 e. The molecule has 0 aromatic heterocycles. The zero-order valence-corrected chi connectivity index (χ0v) is 25.1. The minimum atomic E-state index is -1.05. The van der Waals surface area contributed by atoms with Crippen LogP contribution in [0.25, 0.3) is 0 Å². The van der Waals surface area contributed by atoms with E-state index in [1.165, 1.54) is 12.1 Å². The molecule has 1 rings (SSSR count). The SMILES string of the molecule is CCCCCC(=O)Oc1ccc(C[C@H](N)C(=O)O[C@@H](C)[C@H](C)OC(=O)OC(C)(C)C)cc1OC(=O)CCCCC. The third-order valence-corrected chi connectivity index (χ3v) is 5.82. The molecule has 0 aliphatic heterocycles. The van der Waals surface area contributed by atoms with Crippen LogP contribution in [0, 0.1) is 0 Å². The van der Waals surface area contributed by atoms with Crippen molar-refractivity contribution in [1.82, 2.24) is 0 Å². The van der Waals surface area contributed by atoms with Crippen molar-refractivity contribution in [2.45, 2.75) is 130 Å². The van der Waals surface area contributed by atoms with Crippen molar-refractivity contribution in [3.63, 3.8) is 0 Å². The minimum Gasteiger partial charge on any atom is -0.458 e. The number of ether oxygens (including phenoxy) is 5. The zero-order chi connectivity index (χ0) is 30.3. The van der Waals surface area contributed by atoms with E-state index < -0.39 is 47.9 Å². The largest absolute Gasteiger partial charge is 0.509 e. The lowest BCUT2D eigenvalue weighted by molar-refractivity contribution is -0.156. The molecule has 0 unspecified atom stereocenters. The number of benzene rings is 1. The van der Waals surface area contributed by atoms with E-state index in [9.17, 15) is 19.2 Å². The first-order valence-electron chi connectivity index (χ1n) is 14.2. The molecule has 0 fully saturated rings. The van der Waals surface area contributed by atoms with Crippen LogP contribution in [0.4, 0.5) is 4.79 Å². The van der Waals surface area contributed by atoms with Crippen LogP contribution in [-0.4, -0.2) is 47.9 Å². The van der Waals surface area contributed by atoms with Gasteiger partial charge < -0.3 is 29.4 Å². The molecule has 3 atom stereocenters. The van der Waals surface area contributed by atoms with E-state index in [0.717, 1.165) is 25.7 Å². The fourth-order valence-electron chi connectivity index (χ4n) is 3.45. The second-order valence-corrected chi connectivity index (χ2v) is 10.9. The van der Waals surface area contributed by atoms with E-state index in [-0.39, 0.29) is 30.8 Å². The molecule has 0 radical (unpaired) electrons. The summed E-state index contributed by atoms with van der Waals surface area (Å²) in [6.07, 6.45) is 3.27. The average Bonchev–Trinajstić information content (AvgIpc) is 2.84. The quantitative estimate of drug-likeness (QED) is 0.148. The van der Waals surface area contributed by atoms with Gasteiger partial charge in [-0.05, 0) is 71.6 Å². The lowest BCUT2D eigenvalue weighted by Crippen LogP contribution is -2.40. The summed E-state index contributed by atoms with van der Waals surface area (Å²) in [5.41, 5.74) is 5.96. The highest BCUT2D eigenvalue weighted by molar-refractivity contribution is 5.77. The van der Waals surface area contributed by atoms with Crippen molar-refractivity contribution in [1.29, 1.82) is 0 Å². The monoisotopic (exact) mass is 565 g/mol. The predicted molar refractivity (Wildman–Crippen MR) is 150 cm³/mol. The molecule has 10 heteroatoms. The predicted octanol–water partition coefficient (Wildman–Crippen LogP) is 5.80. The fraction of sp³-hybridized carbons (Fsp3) is 0.667. The van der Waals surface area contributed by atoms with Gasteiger partial charge in [0.1, 0.15) is 23.9 Å². The van der Waals surface area contributed by atoms with Crippen molar-refractivity contribution in [3.8, 4) is 11.5 Å². The summed E-state index contributed by atoms with van der Waals surface area (Å²) in [5.74, 6) is -1.33. The van der Waals surface area contributed by atoms with Crippen LogP contribution in [0.5, 0.6) is 11.5 Å². The van der Waals surface area contributed by atoms with Crippen LogP contribution in [0.1, 0.15) is 105 Å². The molecule has 0 heterocycles. The Morgan fingerprint density at radius 1 is 0.800 bits per heavy atom. The molecule has 0 spiro atoms. The Bertz CT molecular complexity index is 970. The highest BCUT2D eigenvalue weighted by atomic mass is 16.7. The van der Waals surface area contributed by atoms with Crippen molar-refractivity contribution < 1.29 is 42.9 Å². The van der Waals surface area contributed by atoms with E-state index in [2.05, 4.69) is 0 Å². The van der Waals surface area contributed by atoms with Gasteiger partial charge in [0.25, 0.3) is 0 Å². The molecule has 2 N–H and O–H groups in total. The molecule has 10 nitrogen and oxygen atoms in total. The van der Waals surface area contributed by atoms with E-state index in [4.69, 9.17) is 29.4 Å². The number of esters is 3. The Morgan fingerprint density at radius 3 is 1.85 bits per heavy atom. The Morgan fingerprint density at radius 2 is 1.32 bits per heavy atom. The number of carbonyl (C=O) groups excluding carboxylic acids is 4. The number of carbonyl (C=O) groups is 4. The van der Waals surface area contributed by atoms with Crippen LogP contribution < -0.4 is 15.2 Å². The fourth-order valence-corrected chi connectivity index (χ4v) is 3.45. The summed E-state index contributed by atoms with van der Waals surface area (Å²) >= 11 is 0. The zero-order valence-electron chi connectivity index (χ0n) is 25.1. The van der Waals surface area contributed by atoms with Crippen LogP contribution in [0.3, 0.4) is 0 Å². The molecule has 226 valence electrons. The Kier molecular flexibility index (Phi) is 15.3. The smallest absolute Gasteiger partial charge is 0.458 e. The van der Waals surface area contributed by atoms with Crippen LogP contribution in [0.2, 0.25) is 0 Å². The topological polar surface area (TPSA) is 140 Å². The van der Waals surface area contributed by atoms with Gasteiger partial charge in [-0.25, -0.2) is 4.79 Å². The van der Waals surface area contributed by atoms with Gasteiger partial charge in [-0.1, -0.05) is 45.6 Å². The van der Waals surface area contributed by atoms with Gasteiger partial charge in [0.05, 0.1) is 0 Å². The second-order valence-electron chi connectivity index (χ2n) is 10.9. The molecular weight excluding hydrogens is 518 g/mol.